The van der Waals surface area contributed by atoms with Crippen LogP contribution in [0, 0.1) is 6.92 Å². The van der Waals surface area contributed by atoms with Crippen LogP contribution in [-0.4, -0.2) is 52.7 Å². The number of rotatable bonds is 5. The molecule has 0 atom stereocenters. The van der Waals surface area contributed by atoms with Gasteiger partial charge in [-0.25, -0.2) is 4.98 Å². The molecule has 0 saturated carbocycles. The van der Waals surface area contributed by atoms with Crippen LogP contribution in [0.3, 0.4) is 0 Å². The fraction of sp³-hybridized carbons (Fsp3) is 0.444. The normalized spacial score (nSPS) is 14.6. The van der Waals surface area contributed by atoms with E-state index in [9.17, 15) is 9.59 Å². The number of amides is 1. The van der Waals surface area contributed by atoms with Crippen molar-refractivity contribution < 1.29 is 14.0 Å². The van der Waals surface area contributed by atoms with Crippen molar-refractivity contribution in [3.05, 3.63) is 41.7 Å². The SMILES string of the molecule is CC(=O)c1cc(CCC(=O)N2CCN(c3cnccn3)CC2)oc1C. The lowest BCUT2D eigenvalue weighted by atomic mass is 10.1. The molecule has 1 aliphatic heterocycles. The highest BCUT2D eigenvalue weighted by molar-refractivity contribution is 5.95. The monoisotopic (exact) mass is 342 g/mol. The molecule has 0 N–H and O–H groups in total. The Morgan fingerprint density at radius 2 is 1.96 bits per heavy atom. The Morgan fingerprint density at radius 1 is 1.20 bits per heavy atom. The predicted octanol–water partition coefficient (Wildman–Crippen LogP) is 1.86. The minimum Gasteiger partial charge on any atom is -0.466 e. The summed E-state index contributed by atoms with van der Waals surface area (Å²) in [6, 6.07) is 1.75. The second-order valence-corrected chi connectivity index (χ2v) is 6.17. The van der Waals surface area contributed by atoms with Crippen molar-refractivity contribution in [2.75, 3.05) is 31.1 Å². The van der Waals surface area contributed by atoms with Crippen molar-refractivity contribution in [1.29, 1.82) is 0 Å². The summed E-state index contributed by atoms with van der Waals surface area (Å²) < 4.78 is 5.57. The number of aromatic nitrogens is 2. The van der Waals surface area contributed by atoms with E-state index in [-0.39, 0.29) is 11.7 Å². The van der Waals surface area contributed by atoms with E-state index < -0.39 is 0 Å². The molecule has 3 rings (SSSR count). The summed E-state index contributed by atoms with van der Waals surface area (Å²) in [6.45, 7) is 6.13. The number of Topliss-reactive ketones (excluding diaryl/α,β-unsaturated/α-hetero) is 1. The van der Waals surface area contributed by atoms with Crippen LogP contribution in [0.15, 0.2) is 29.1 Å². The van der Waals surface area contributed by atoms with E-state index in [0.717, 1.165) is 18.9 Å². The zero-order chi connectivity index (χ0) is 17.8. The molecule has 25 heavy (non-hydrogen) atoms. The molecule has 0 spiro atoms. The number of carbonyl (C=O) groups is 2. The minimum atomic E-state index is -0.0149. The largest absolute Gasteiger partial charge is 0.466 e. The van der Waals surface area contributed by atoms with Crippen molar-refractivity contribution in [3.63, 3.8) is 0 Å². The van der Waals surface area contributed by atoms with Crippen LogP contribution >= 0.6 is 0 Å². The van der Waals surface area contributed by atoms with Crippen LogP contribution in [0.2, 0.25) is 0 Å². The fourth-order valence-electron chi connectivity index (χ4n) is 3.04. The number of piperazine rings is 1. The number of furan rings is 1. The number of hydrogen-bond donors (Lipinski definition) is 0. The zero-order valence-corrected chi connectivity index (χ0v) is 14.6. The molecule has 2 aromatic heterocycles. The van der Waals surface area contributed by atoms with E-state index in [0.29, 0.717) is 43.0 Å². The van der Waals surface area contributed by atoms with Gasteiger partial charge in [0.15, 0.2) is 5.78 Å². The van der Waals surface area contributed by atoms with Crippen LogP contribution in [0.25, 0.3) is 0 Å². The van der Waals surface area contributed by atoms with E-state index in [1.165, 1.54) is 6.92 Å². The number of hydrogen-bond acceptors (Lipinski definition) is 6. The first kappa shape index (κ1) is 17.1. The Labute approximate surface area is 146 Å². The molecule has 1 fully saturated rings. The van der Waals surface area contributed by atoms with E-state index >= 15 is 0 Å². The molecular weight excluding hydrogens is 320 g/mol. The summed E-state index contributed by atoms with van der Waals surface area (Å²) in [4.78, 5) is 36.2. The van der Waals surface area contributed by atoms with Gasteiger partial charge in [0.1, 0.15) is 17.3 Å². The molecule has 1 aliphatic rings. The Bertz CT molecular complexity index is 749. The Kier molecular flexibility index (Phi) is 5.11. The lowest BCUT2D eigenvalue weighted by Crippen LogP contribution is -2.49. The molecule has 2 aromatic rings. The van der Waals surface area contributed by atoms with Gasteiger partial charge in [-0.05, 0) is 19.9 Å². The van der Waals surface area contributed by atoms with Gasteiger partial charge in [0.2, 0.25) is 5.91 Å². The quantitative estimate of drug-likeness (QED) is 0.772. The van der Waals surface area contributed by atoms with Gasteiger partial charge in [-0.1, -0.05) is 0 Å². The molecule has 3 heterocycles. The maximum absolute atomic E-state index is 12.4. The Balaban J connectivity index is 1.50. The average Bonchev–Trinajstić information content (AvgIpc) is 3.01. The van der Waals surface area contributed by atoms with E-state index in [4.69, 9.17) is 4.42 Å². The van der Waals surface area contributed by atoms with Crippen LogP contribution in [0.5, 0.6) is 0 Å². The highest BCUT2D eigenvalue weighted by Crippen LogP contribution is 2.18. The first-order chi connectivity index (χ1) is 12.0. The molecule has 1 amide bonds. The van der Waals surface area contributed by atoms with Crippen LogP contribution in [0.1, 0.15) is 35.2 Å². The van der Waals surface area contributed by atoms with Gasteiger partial charge in [0.25, 0.3) is 0 Å². The Morgan fingerprint density at radius 3 is 2.56 bits per heavy atom. The van der Waals surface area contributed by atoms with Crippen molar-refractivity contribution in [2.24, 2.45) is 0 Å². The molecule has 1 saturated heterocycles. The molecule has 0 radical (unpaired) electrons. The van der Waals surface area contributed by atoms with Gasteiger partial charge >= 0.3 is 0 Å². The van der Waals surface area contributed by atoms with Gasteiger partial charge in [0, 0.05) is 51.4 Å². The molecular formula is C18H22N4O3. The van der Waals surface area contributed by atoms with Crippen molar-refractivity contribution in [2.45, 2.75) is 26.7 Å². The van der Waals surface area contributed by atoms with Gasteiger partial charge < -0.3 is 14.2 Å². The van der Waals surface area contributed by atoms with Crippen molar-refractivity contribution in [1.82, 2.24) is 14.9 Å². The summed E-state index contributed by atoms with van der Waals surface area (Å²) in [5.74, 6) is 2.25. The maximum Gasteiger partial charge on any atom is 0.223 e. The molecule has 7 heteroatoms. The predicted molar refractivity (Wildman–Crippen MR) is 92.6 cm³/mol. The van der Waals surface area contributed by atoms with Crippen molar-refractivity contribution >= 4 is 17.5 Å². The first-order valence-corrected chi connectivity index (χ1v) is 8.43. The van der Waals surface area contributed by atoms with Gasteiger partial charge in [-0.2, -0.15) is 0 Å². The number of anilines is 1. The van der Waals surface area contributed by atoms with Crippen molar-refractivity contribution in [3.8, 4) is 0 Å². The molecule has 0 aromatic carbocycles. The number of ketones is 1. The van der Waals surface area contributed by atoms with E-state index in [1.54, 1.807) is 31.6 Å². The maximum atomic E-state index is 12.4. The first-order valence-electron chi connectivity index (χ1n) is 8.43. The highest BCUT2D eigenvalue weighted by atomic mass is 16.3. The fourth-order valence-corrected chi connectivity index (χ4v) is 3.04. The zero-order valence-electron chi connectivity index (χ0n) is 14.6. The third-order valence-electron chi connectivity index (χ3n) is 4.44. The smallest absolute Gasteiger partial charge is 0.223 e. The van der Waals surface area contributed by atoms with Crippen LogP contribution < -0.4 is 4.90 Å². The third-order valence-corrected chi connectivity index (χ3v) is 4.44. The summed E-state index contributed by atoms with van der Waals surface area (Å²) in [6.07, 6.45) is 5.96. The average molecular weight is 342 g/mol. The van der Waals surface area contributed by atoms with E-state index in [1.807, 2.05) is 4.90 Å². The third kappa shape index (κ3) is 4.04. The summed E-state index contributed by atoms with van der Waals surface area (Å²) in [5, 5.41) is 0. The van der Waals surface area contributed by atoms with Gasteiger partial charge in [-0.15, -0.1) is 0 Å². The van der Waals surface area contributed by atoms with Crippen LogP contribution in [0.4, 0.5) is 5.82 Å². The van der Waals surface area contributed by atoms with Crippen LogP contribution in [-0.2, 0) is 11.2 Å². The number of aryl methyl sites for hydroxylation is 2. The van der Waals surface area contributed by atoms with Gasteiger partial charge in [0.05, 0.1) is 11.8 Å². The lowest BCUT2D eigenvalue weighted by Gasteiger charge is -2.35. The molecule has 0 bridgehead atoms. The van der Waals surface area contributed by atoms with E-state index in [2.05, 4.69) is 14.9 Å². The topological polar surface area (TPSA) is 79.5 Å². The molecule has 7 nitrogen and oxygen atoms in total. The molecule has 132 valence electrons. The minimum absolute atomic E-state index is 0.0149. The number of nitrogens with zero attached hydrogens (tertiary/aromatic N) is 4. The second kappa shape index (κ2) is 7.46. The standard InChI is InChI=1S/C18H22N4O3/c1-13(23)16-11-15(25-14(16)2)3-4-18(24)22-9-7-21(8-10-22)17-12-19-5-6-20-17/h5-6,11-12H,3-4,7-10H2,1-2H3. The summed E-state index contributed by atoms with van der Waals surface area (Å²) in [5.41, 5.74) is 0.597. The van der Waals surface area contributed by atoms with Gasteiger partial charge in [-0.3, -0.25) is 14.6 Å². The Hall–Kier alpha value is -2.70. The second-order valence-electron chi connectivity index (χ2n) is 6.17. The molecule has 0 aliphatic carbocycles. The summed E-state index contributed by atoms with van der Waals surface area (Å²) >= 11 is 0. The number of carbonyl (C=O) groups excluding carboxylic acids is 2. The highest BCUT2D eigenvalue weighted by Gasteiger charge is 2.22. The molecule has 0 unspecified atom stereocenters. The summed E-state index contributed by atoms with van der Waals surface area (Å²) in [7, 11) is 0. The lowest BCUT2D eigenvalue weighted by molar-refractivity contribution is -0.131.